The van der Waals surface area contributed by atoms with E-state index in [1.165, 1.54) is 6.42 Å². The second-order valence-corrected chi connectivity index (χ2v) is 5.40. The lowest BCUT2D eigenvalue weighted by molar-refractivity contribution is -0.0567. The molecule has 2 N–H and O–H groups in total. The van der Waals surface area contributed by atoms with Gasteiger partial charge in [0.1, 0.15) is 0 Å². The molecular weight excluding hydrogens is 200 g/mol. The Morgan fingerprint density at radius 1 is 1.44 bits per heavy atom. The van der Waals surface area contributed by atoms with Crippen LogP contribution >= 0.6 is 0 Å². The number of hydrogen-bond acceptors (Lipinski definition) is 3. The summed E-state index contributed by atoms with van der Waals surface area (Å²) in [7, 11) is 0. The van der Waals surface area contributed by atoms with Gasteiger partial charge in [-0.25, -0.2) is 0 Å². The maximum atomic E-state index is 6.10. The first-order valence-corrected chi connectivity index (χ1v) is 6.65. The van der Waals surface area contributed by atoms with Crippen LogP contribution in [0.2, 0.25) is 0 Å². The van der Waals surface area contributed by atoms with Gasteiger partial charge in [0.2, 0.25) is 0 Å². The zero-order valence-electron chi connectivity index (χ0n) is 11.3. The summed E-state index contributed by atoms with van der Waals surface area (Å²) < 4.78 is 5.69. The van der Waals surface area contributed by atoms with Crippen LogP contribution in [-0.2, 0) is 4.74 Å². The van der Waals surface area contributed by atoms with Crippen molar-refractivity contribution >= 4 is 0 Å². The van der Waals surface area contributed by atoms with E-state index in [9.17, 15) is 0 Å². The maximum Gasteiger partial charge on any atom is 0.0674 e. The molecule has 1 aliphatic heterocycles. The van der Waals surface area contributed by atoms with Crippen LogP contribution in [0, 0.1) is 5.92 Å². The Kier molecular flexibility index (Phi) is 5.73. The fourth-order valence-corrected chi connectivity index (χ4v) is 2.21. The summed E-state index contributed by atoms with van der Waals surface area (Å²) in [6, 6.07) is 0.922. The number of nitrogens with zero attached hydrogens (tertiary/aromatic N) is 1. The van der Waals surface area contributed by atoms with Gasteiger partial charge >= 0.3 is 0 Å². The molecule has 0 bridgehead atoms. The largest absolute Gasteiger partial charge is 0.376 e. The van der Waals surface area contributed by atoms with Gasteiger partial charge in [-0.05, 0) is 25.7 Å². The Balaban J connectivity index is 2.37. The van der Waals surface area contributed by atoms with E-state index in [4.69, 9.17) is 10.5 Å². The molecule has 0 spiro atoms. The molecule has 0 aromatic rings. The van der Waals surface area contributed by atoms with E-state index in [0.29, 0.717) is 24.1 Å². The number of morpholine rings is 1. The third kappa shape index (κ3) is 4.04. The van der Waals surface area contributed by atoms with Gasteiger partial charge in [0.25, 0.3) is 0 Å². The molecule has 3 unspecified atom stereocenters. The van der Waals surface area contributed by atoms with Gasteiger partial charge in [-0.3, -0.25) is 4.90 Å². The molecule has 3 atom stereocenters. The average molecular weight is 228 g/mol. The van der Waals surface area contributed by atoms with Gasteiger partial charge in [0.05, 0.1) is 12.7 Å². The van der Waals surface area contributed by atoms with Crippen molar-refractivity contribution in [3.63, 3.8) is 0 Å². The Morgan fingerprint density at radius 3 is 2.69 bits per heavy atom. The SMILES string of the molecule is CCC1COC(C)CN1CCC(N)C(C)C. The molecule has 0 saturated carbocycles. The fourth-order valence-electron chi connectivity index (χ4n) is 2.21. The van der Waals surface area contributed by atoms with Crippen LogP contribution < -0.4 is 5.73 Å². The minimum atomic E-state index is 0.329. The van der Waals surface area contributed by atoms with Crippen LogP contribution in [0.3, 0.4) is 0 Å². The van der Waals surface area contributed by atoms with Crippen LogP contribution in [0.5, 0.6) is 0 Å². The van der Waals surface area contributed by atoms with E-state index in [-0.39, 0.29) is 0 Å². The standard InChI is InChI=1S/C13H28N2O/c1-5-12-9-16-11(4)8-15(12)7-6-13(14)10(2)3/h10-13H,5-9,14H2,1-4H3. The van der Waals surface area contributed by atoms with Crippen molar-refractivity contribution in [1.29, 1.82) is 0 Å². The van der Waals surface area contributed by atoms with E-state index < -0.39 is 0 Å². The minimum absolute atomic E-state index is 0.329. The molecule has 96 valence electrons. The van der Waals surface area contributed by atoms with Gasteiger partial charge in [0.15, 0.2) is 0 Å². The molecule has 3 nitrogen and oxygen atoms in total. The topological polar surface area (TPSA) is 38.5 Å². The molecule has 0 amide bonds. The van der Waals surface area contributed by atoms with Crippen molar-refractivity contribution < 1.29 is 4.74 Å². The van der Waals surface area contributed by atoms with Crippen molar-refractivity contribution in [2.45, 2.75) is 58.7 Å². The summed E-state index contributed by atoms with van der Waals surface area (Å²) in [6.45, 7) is 11.8. The van der Waals surface area contributed by atoms with Crippen molar-refractivity contribution in [1.82, 2.24) is 4.90 Å². The van der Waals surface area contributed by atoms with Crippen LogP contribution in [0.15, 0.2) is 0 Å². The average Bonchev–Trinajstić information content (AvgIpc) is 2.25. The predicted octanol–water partition coefficient (Wildman–Crippen LogP) is 1.86. The molecule has 0 aliphatic carbocycles. The van der Waals surface area contributed by atoms with Crippen LogP contribution in [0.1, 0.15) is 40.5 Å². The lowest BCUT2D eigenvalue weighted by atomic mass is 10.0. The third-order valence-corrected chi connectivity index (χ3v) is 3.66. The van der Waals surface area contributed by atoms with E-state index in [2.05, 4.69) is 32.6 Å². The lowest BCUT2D eigenvalue weighted by Crippen LogP contribution is -2.49. The molecule has 1 fully saturated rings. The highest BCUT2D eigenvalue weighted by molar-refractivity contribution is 4.79. The highest BCUT2D eigenvalue weighted by Crippen LogP contribution is 2.15. The van der Waals surface area contributed by atoms with Gasteiger partial charge < -0.3 is 10.5 Å². The van der Waals surface area contributed by atoms with Gasteiger partial charge in [-0.15, -0.1) is 0 Å². The summed E-state index contributed by atoms with van der Waals surface area (Å²) in [5, 5.41) is 0. The Labute approximate surface area is 100 Å². The number of hydrogen-bond donors (Lipinski definition) is 1. The zero-order chi connectivity index (χ0) is 12.1. The molecule has 0 aromatic heterocycles. The number of rotatable bonds is 5. The number of ether oxygens (including phenoxy) is 1. The van der Waals surface area contributed by atoms with Crippen molar-refractivity contribution in [2.24, 2.45) is 11.7 Å². The smallest absolute Gasteiger partial charge is 0.0674 e. The Morgan fingerprint density at radius 2 is 2.12 bits per heavy atom. The lowest BCUT2D eigenvalue weighted by Gasteiger charge is -2.38. The highest BCUT2D eigenvalue weighted by Gasteiger charge is 2.25. The van der Waals surface area contributed by atoms with Crippen LogP contribution in [-0.4, -0.2) is 42.8 Å². The molecule has 1 heterocycles. The van der Waals surface area contributed by atoms with Gasteiger partial charge in [-0.2, -0.15) is 0 Å². The molecule has 1 saturated heterocycles. The maximum absolute atomic E-state index is 6.10. The predicted molar refractivity (Wildman–Crippen MR) is 68.5 cm³/mol. The summed E-state index contributed by atoms with van der Waals surface area (Å²) in [5.41, 5.74) is 6.10. The molecule has 16 heavy (non-hydrogen) atoms. The quantitative estimate of drug-likeness (QED) is 0.780. The molecular formula is C13H28N2O. The summed E-state index contributed by atoms with van der Waals surface area (Å²) in [5.74, 6) is 0.582. The normalized spacial score (nSPS) is 29.6. The van der Waals surface area contributed by atoms with Crippen LogP contribution in [0.4, 0.5) is 0 Å². The molecule has 1 rings (SSSR count). The van der Waals surface area contributed by atoms with Crippen molar-refractivity contribution in [3.05, 3.63) is 0 Å². The van der Waals surface area contributed by atoms with E-state index in [1.807, 2.05) is 0 Å². The van der Waals surface area contributed by atoms with E-state index in [1.54, 1.807) is 0 Å². The van der Waals surface area contributed by atoms with Crippen molar-refractivity contribution in [3.8, 4) is 0 Å². The van der Waals surface area contributed by atoms with Crippen LogP contribution in [0.25, 0.3) is 0 Å². The van der Waals surface area contributed by atoms with E-state index in [0.717, 1.165) is 26.1 Å². The second-order valence-electron chi connectivity index (χ2n) is 5.40. The summed E-state index contributed by atoms with van der Waals surface area (Å²) >= 11 is 0. The first kappa shape index (κ1) is 13.9. The molecule has 1 aliphatic rings. The fraction of sp³-hybridized carbons (Fsp3) is 1.00. The first-order chi connectivity index (χ1) is 7.54. The highest BCUT2D eigenvalue weighted by atomic mass is 16.5. The first-order valence-electron chi connectivity index (χ1n) is 6.65. The second kappa shape index (κ2) is 6.58. The monoisotopic (exact) mass is 228 g/mol. The number of nitrogens with two attached hydrogens (primary N) is 1. The molecule has 0 radical (unpaired) electrons. The van der Waals surface area contributed by atoms with Crippen molar-refractivity contribution in [2.75, 3.05) is 19.7 Å². The minimum Gasteiger partial charge on any atom is -0.376 e. The Bertz CT molecular complexity index is 196. The summed E-state index contributed by atoms with van der Waals surface area (Å²) in [4.78, 5) is 2.55. The third-order valence-electron chi connectivity index (χ3n) is 3.66. The zero-order valence-corrected chi connectivity index (χ0v) is 11.3. The van der Waals surface area contributed by atoms with Gasteiger partial charge in [0, 0.05) is 25.2 Å². The van der Waals surface area contributed by atoms with E-state index >= 15 is 0 Å². The summed E-state index contributed by atoms with van der Waals surface area (Å²) in [6.07, 6.45) is 2.64. The molecule has 0 aromatic carbocycles. The molecule has 3 heteroatoms. The Hall–Kier alpha value is -0.120. The van der Waals surface area contributed by atoms with Gasteiger partial charge in [-0.1, -0.05) is 20.8 Å².